The summed E-state index contributed by atoms with van der Waals surface area (Å²) in [7, 11) is 0. The van der Waals surface area contributed by atoms with Crippen molar-refractivity contribution in [3.8, 4) is 0 Å². The maximum atomic E-state index is 13.2. The van der Waals surface area contributed by atoms with E-state index in [1.807, 2.05) is 46.3 Å². The Bertz CT molecular complexity index is 1080. The summed E-state index contributed by atoms with van der Waals surface area (Å²) in [5.74, 6) is -0.448. The maximum absolute atomic E-state index is 13.2. The molecule has 3 nitrogen and oxygen atoms in total. The van der Waals surface area contributed by atoms with Crippen molar-refractivity contribution in [1.82, 2.24) is 4.57 Å². The van der Waals surface area contributed by atoms with Crippen molar-refractivity contribution in [2.45, 2.75) is 6.54 Å². The first-order valence-corrected chi connectivity index (χ1v) is 9.66. The molecule has 0 atom stereocenters. The molecule has 1 N–H and O–H groups in total. The van der Waals surface area contributed by atoms with Crippen molar-refractivity contribution in [2.75, 3.05) is 5.32 Å². The number of fused-ring (bicyclic) bond motifs is 1. The Labute approximate surface area is 162 Å². The second-order valence-corrected chi connectivity index (χ2v) is 7.65. The number of para-hydroxylation sites is 1. The molecule has 4 aromatic rings. The van der Waals surface area contributed by atoms with E-state index in [0.717, 1.165) is 25.9 Å². The van der Waals surface area contributed by atoms with Crippen molar-refractivity contribution in [3.05, 3.63) is 87.6 Å². The number of halogens is 2. The third-order valence-electron chi connectivity index (χ3n) is 4.13. The van der Waals surface area contributed by atoms with Crippen LogP contribution in [0.4, 0.5) is 10.1 Å². The van der Waals surface area contributed by atoms with E-state index >= 15 is 0 Å². The maximum Gasteiger partial charge on any atom is 0.272 e. The first-order chi connectivity index (χ1) is 12.6. The molecule has 0 unspecified atom stereocenters. The summed E-state index contributed by atoms with van der Waals surface area (Å²) in [6, 6.07) is 17.7. The van der Waals surface area contributed by atoms with Gasteiger partial charge in [-0.25, -0.2) is 4.39 Å². The number of hydrogen-bond acceptors (Lipinski definition) is 2. The minimum atomic E-state index is -0.270. The van der Waals surface area contributed by atoms with Crippen LogP contribution in [0.1, 0.15) is 16.1 Å². The van der Waals surface area contributed by atoms with Gasteiger partial charge in [0.25, 0.3) is 5.91 Å². The van der Waals surface area contributed by atoms with E-state index < -0.39 is 0 Å². The Morgan fingerprint density at radius 1 is 1.12 bits per heavy atom. The van der Waals surface area contributed by atoms with Crippen molar-refractivity contribution in [1.29, 1.82) is 0 Å². The summed E-state index contributed by atoms with van der Waals surface area (Å²) in [5.41, 5.74) is 3.23. The molecule has 2 aromatic heterocycles. The lowest BCUT2D eigenvalue weighted by Gasteiger charge is -2.12. The van der Waals surface area contributed by atoms with Crippen molar-refractivity contribution >= 4 is 49.1 Å². The number of carbonyl (C=O) groups excluding carboxylic acids is 1. The fraction of sp³-hybridized carbons (Fsp3) is 0.0500. The van der Waals surface area contributed by atoms with Gasteiger partial charge < -0.3 is 9.88 Å². The zero-order chi connectivity index (χ0) is 18.1. The zero-order valence-corrected chi connectivity index (χ0v) is 16.0. The number of nitrogens with zero attached hydrogens (tertiary/aromatic N) is 1. The summed E-state index contributed by atoms with van der Waals surface area (Å²) < 4.78 is 17.0. The topological polar surface area (TPSA) is 34.0 Å². The highest BCUT2D eigenvalue weighted by Crippen LogP contribution is 2.28. The molecule has 2 heterocycles. The molecule has 0 fully saturated rings. The van der Waals surface area contributed by atoms with Crippen LogP contribution in [0.2, 0.25) is 0 Å². The van der Waals surface area contributed by atoms with Crippen LogP contribution in [-0.2, 0) is 6.54 Å². The summed E-state index contributed by atoms with van der Waals surface area (Å²) in [6.45, 7) is 0.499. The molecule has 1 amide bonds. The quantitative estimate of drug-likeness (QED) is 0.430. The molecule has 0 saturated carbocycles. The summed E-state index contributed by atoms with van der Waals surface area (Å²) in [6.07, 6.45) is 0. The summed E-state index contributed by atoms with van der Waals surface area (Å²) in [4.78, 5) is 12.9. The molecule has 0 aliphatic heterocycles. The highest BCUT2D eigenvalue weighted by Gasteiger charge is 2.17. The average Bonchev–Trinajstić information content (AvgIpc) is 3.21. The highest BCUT2D eigenvalue weighted by atomic mass is 79.9. The van der Waals surface area contributed by atoms with Crippen molar-refractivity contribution < 1.29 is 9.18 Å². The fourth-order valence-electron chi connectivity index (χ4n) is 2.86. The standard InChI is InChI=1S/C20H14BrFN2OS/c21-15-3-1-2-4-16(15)23-20(25)18-11-19-17(9-10-26-19)24(18)12-13-5-7-14(22)8-6-13/h1-11H,12H2,(H,23,25). The van der Waals surface area contributed by atoms with Gasteiger partial charge in [0, 0.05) is 11.0 Å². The second kappa shape index (κ2) is 7.05. The molecule has 0 spiro atoms. The summed E-state index contributed by atoms with van der Waals surface area (Å²) in [5, 5.41) is 4.95. The van der Waals surface area contributed by atoms with Gasteiger partial charge in [-0.15, -0.1) is 11.3 Å². The largest absolute Gasteiger partial charge is 0.331 e. The predicted octanol–water partition coefficient (Wildman–Crippen LogP) is 5.91. The predicted molar refractivity (Wildman–Crippen MR) is 107 cm³/mol. The monoisotopic (exact) mass is 428 g/mol. The van der Waals surface area contributed by atoms with Gasteiger partial charge >= 0.3 is 0 Å². The number of hydrogen-bond donors (Lipinski definition) is 1. The minimum Gasteiger partial charge on any atom is -0.331 e. The molecule has 0 radical (unpaired) electrons. The lowest BCUT2D eigenvalue weighted by atomic mass is 10.2. The van der Waals surface area contributed by atoms with Crippen LogP contribution in [0.15, 0.2) is 70.5 Å². The number of amides is 1. The Hall–Kier alpha value is -2.44. The van der Waals surface area contributed by atoms with Gasteiger partial charge in [0.1, 0.15) is 11.5 Å². The number of nitrogens with one attached hydrogen (secondary N) is 1. The molecular formula is C20H14BrFN2OS. The van der Waals surface area contributed by atoms with Gasteiger partial charge in [-0.3, -0.25) is 4.79 Å². The van der Waals surface area contributed by atoms with E-state index in [9.17, 15) is 9.18 Å². The highest BCUT2D eigenvalue weighted by molar-refractivity contribution is 9.10. The Balaban J connectivity index is 1.70. The first-order valence-electron chi connectivity index (χ1n) is 7.99. The third-order valence-corrected chi connectivity index (χ3v) is 5.68. The molecule has 26 heavy (non-hydrogen) atoms. The van der Waals surface area contributed by atoms with E-state index in [1.54, 1.807) is 23.5 Å². The Morgan fingerprint density at radius 3 is 2.65 bits per heavy atom. The van der Waals surface area contributed by atoms with Gasteiger partial charge in [0.05, 0.1) is 15.9 Å². The van der Waals surface area contributed by atoms with E-state index in [-0.39, 0.29) is 11.7 Å². The Kier molecular flexibility index (Phi) is 4.61. The molecular weight excluding hydrogens is 415 g/mol. The molecule has 0 bridgehead atoms. The number of benzene rings is 2. The molecule has 0 aliphatic rings. The third kappa shape index (κ3) is 3.30. The molecule has 4 rings (SSSR count). The molecule has 130 valence electrons. The number of thiophene rings is 1. The van der Waals surface area contributed by atoms with Crippen molar-refractivity contribution in [3.63, 3.8) is 0 Å². The Morgan fingerprint density at radius 2 is 1.88 bits per heavy atom. The van der Waals surface area contributed by atoms with Crippen molar-refractivity contribution in [2.24, 2.45) is 0 Å². The van der Waals surface area contributed by atoms with Crippen LogP contribution in [0, 0.1) is 5.82 Å². The number of rotatable bonds is 4. The van der Waals surface area contributed by atoms with Crippen LogP contribution in [0.25, 0.3) is 10.2 Å². The van der Waals surface area contributed by atoms with Crippen LogP contribution in [0.3, 0.4) is 0 Å². The van der Waals surface area contributed by atoms with Gasteiger partial charge in [0.2, 0.25) is 0 Å². The second-order valence-electron chi connectivity index (χ2n) is 5.85. The molecule has 0 saturated heterocycles. The van der Waals surface area contributed by atoms with Gasteiger partial charge in [-0.1, -0.05) is 24.3 Å². The minimum absolute atomic E-state index is 0.178. The van der Waals surface area contributed by atoms with E-state index in [2.05, 4.69) is 21.2 Å². The summed E-state index contributed by atoms with van der Waals surface area (Å²) >= 11 is 5.04. The van der Waals surface area contributed by atoms with E-state index in [1.165, 1.54) is 12.1 Å². The van der Waals surface area contributed by atoms with Crippen LogP contribution in [-0.4, -0.2) is 10.5 Å². The first kappa shape index (κ1) is 17.0. The number of carbonyl (C=O) groups is 1. The SMILES string of the molecule is O=C(Nc1ccccc1Br)c1cc2sccc2n1Cc1ccc(F)cc1. The number of anilines is 1. The van der Waals surface area contributed by atoms with Gasteiger partial charge in [-0.05, 0) is 63.3 Å². The van der Waals surface area contributed by atoms with Gasteiger partial charge in [-0.2, -0.15) is 0 Å². The zero-order valence-electron chi connectivity index (χ0n) is 13.6. The lowest BCUT2D eigenvalue weighted by Crippen LogP contribution is -2.17. The van der Waals surface area contributed by atoms with Crippen LogP contribution in [0.5, 0.6) is 0 Å². The van der Waals surface area contributed by atoms with Crippen LogP contribution < -0.4 is 5.32 Å². The molecule has 2 aromatic carbocycles. The fourth-order valence-corrected chi connectivity index (χ4v) is 4.06. The van der Waals surface area contributed by atoms with Gasteiger partial charge in [0.15, 0.2) is 0 Å². The van der Waals surface area contributed by atoms with E-state index in [4.69, 9.17) is 0 Å². The number of aromatic nitrogens is 1. The smallest absolute Gasteiger partial charge is 0.272 e. The van der Waals surface area contributed by atoms with Crippen LogP contribution >= 0.6 is 27.3 Å². The molecule has 6 heteroatoms. The lowest BCUT2D eigenvalue weighted by molar-refractivity contribution is 0.101. The van der Waals surface area contributed by atoms with E-state index in [0.29, 0.717) is 12.2 Å². The normalized spacial score (nSPS) is 11.0. The average molecular weight is 429 g/mol. The molecule has 0 aliphatic carbocycles.